The van der Waals surface area contributed by atoms with E-state index in [9.17, 15) is 0 Å². The molecule has 2 aliphatic carbocycles. The van der Waals surface area contributed by atoms with Gasteiger partial charge in [-0.1, -0.05) is 65.2 Å². The van der Waals surface area contributed by atoms with Gasteiger partial charge in [0.05, 0.1) is 0 Å². The quantitative estimate of drug-likeness (QED) is 0.619. The summed E-state index contributed by atoms with van der Waals surface area (Å²) in [6, 6.07) is 1.42. The first kappa shape index (κ1) is 13.6. The topological polar surface area (TPSA) is 9.23 Å². The van der Waals surface area contributed by atoms with Gasteiger partial charge in [0.15, 0.2) is 8.32 Å². The molecular formula is C15H30OSi. The third-order valence-electron chi connectivity index (χ3n) is 5.20. The first-order chi connectivity index (χ1) is 8.19. The maximum atomic E-state index is 6.36. The van der Waals surface area contributed by atoms with Crippen molar-refractivity contribution < 1.29 is 4.43 Å². The summed E-state index contributed by atoms with van der Waals surface area (Å²) in [5.41, 5.74) is 1.97. The van der Waals surface area contributed by atoms with Gasteiger partial charge in [-0.3, -0.25) is 0 Å². The van der Waals surface area contributed by atoms with E-state index in [1.54, 1.807) is 0 Å². The van der Waals surface area contributed by atoms with Crippen LogP contribution in [0.15, 0.2) is 0 Å². The van der Waals surface area contributed by atoms with E-state index in [1.807, 2.05) is 7.11 Å². The Labute approximate surface area is 108 Å². The molecule has 2 aliphatic rings. The molecular weight excluding hydrogens is 224 g/mol. The molecule has 0 aromatic carbocycles. The second-order valence-electron chi connectivity index (χ2n) is 6.72. The van der Waals surface area contributed by atoms with Crippen LogP contribution in [-0.4, -0.2) is 15.4 Å². The zero-order chi connectivity index (χ0) is 12.3. The minimum atomic E-state index is -1.47. The Balaban J connectivity index is 2.17. The van der Waals surface area contributed by atoms with E-state index in [2.05, 4.69) is 13.8 Å². The van der Waals surface area contributed by atoms with Crippen LogP contribution in [0.2, 0.25) is 17.1 Å². The van der Waals surface area contributed by atoms with E-state index in [0.717, 1.165) is 17.0 Å². The van der Waals surface area contributed by atoms with Gasteiger partial charge in [-0.25, -0.2) is 0 Å². The van der Waals surface area contributed by atoms with Gasteiger partial charge in [-0.2, -0.15) is 0 Å². The third kappa shape index (κ3) is 2.78. The molecule has 2 fully saturated rings. The van der Waals surface area contributed by atoms with Crippen LogP contribution in [0.3, 0.4) is 0 Å². The highest BCUT2D eigenvalue weighted by Gasteiger charge is 2.50. The Bertz CT molecular complexity index is 211. The standard InChI is InChI=1S/C15H30OSi/c1-13(2)12-17(16-3,14-8-4-5-9-14)15-10-6-7-11-15/h13-15H,4-12H2,1-3H3. The summed E-state index contributed by atoms with van der Waals surface area (Å²) in [4.78, 5) is 0. The van der Waals surface area contributed by atoms with Gasteiger partial charge in [-0.05, 0) is 23.0 Å². The van der Waals surface area contributed by atoms with E-state index in [4.69, 9.17) is 4.43 Å². The molecule has 2 rings (SSSR count). The largest absolute Gasteiger partial charge is 0.419 e. The van der Waals surface area contributed by atoms with E-state index in [1.165, 1.54) is 57.4 Å². The molecule has 0 aromatic heterocycles. The lowest BCUT2D eigenvalue weighted by atomic mass is 10.3. The van der Waals surface area contributed by atoms with Crippen LogP contribution in [0.1, 0.15) is 65.2 Å². The summed E-state index contributed by atoms with van der Waals surface area (Å²) in [5.74, 6) is 0.822. The summed E-state index contributed by atoms with van der Waals surface area (Å²) in [6.07, 6.45) is 11.8. The fraction of sp³-hybridized carbons (Fsp3) is 1.00. The molecule has 2 heteroatoms. The van der Waals surface area contributed by atoms with E-state index < -0.39 is 8.32 Å². The fourth-order valence-corrected chi connectivity index (χ4v) is 10.8. The lowest BCUT2D eigenvalue weighted by molar-refractivity contribution is 0.350. The van der Waals surface area contributed by atoms with Gasteiger partial charge < -0.3 is 4.43 Å². The van der Waals surface area contributed by atoms with Crippen molar-refractivity contribution in [2.45, 2.75) is 82.3 Å². The minimum absolute atomic E-state index is 0.822. The lowest BCUT2D eigenvalue weighted by Gasteiger charge is -2.41. The molecule has 0 N–H and O–H groups in total. The highest BCUT2D eigenvalue weighted by Crippen LogP contribution is 2.52. The monoisotopic (exact) mass is 254 g/mol. The Morgan fingerprint density at radius 2 is 1.35 bits per heavy atom. The summed E-state index contributed by atoms with van der Waals surface area (Å²) in [6.45, 7) is 4.79. The summed E-state index contributed by atoms with van der Waals surface area (Å²) < 4.78 is 6.36. The van der Waals surface area contributed by atoms with E-state index >= 15 is 0 Å². The smallest absolute Gasteiger partial charge is 0.198 e. The predicted molar refractivity (Wildman–Crippen MR) is 76.8 cm³/mol. The van der Waals surface area contributed by atoms with Crippen LogP contribution < -0.4 is 0 Å². The molecule has 1 nitrogen and oxygen atoms in total. The van der Waals surface area contributed by atoms with Crippen LogP contribution in [-0.2, 0) is 4.43 Å². The van der Waals surface area contributed by atoms with Crippen LogP contribution >= 0.6 is 0 Å². The molecule has 0 heterocycles. The molecule has 0 aromatic rings. The number of hydrogen-bond acceptors (Lipinski definition) is 1. The van der Waals surface area contributed by atoms with E-state index in [-0.39, 0.29) is 0 Å². The van der Waals surface area contributed by atoms with Gasteiger partial charge >= 0.3 is 0 Å². The average Bonchev–Trinajstić information content (AvgIpc) is 2.97. The fourth-order valence-electron chi connectivity index (χ4n) is 4.55. The molecule has 0 spiro atoms. The van der Waals surface area contributed by atoms with Gasteiger partial charge in [-0.15, -0.1) is 0 Å². The lowest BCUT2D eigenvalue weighted by Crippen LogP contribution is -2.46. The maximum Gasteiger partial charge on any atom is 0.198 e. The van der Waals surface area contributed by atoms with Crippen LogP contribution in [0.25, 0.3) is 0 Å². The van der Waals surface area contributed by atoms with Crippen molar-refractivity contribution in [1.82, 2.24) is 0 Å². The molecule has 0 saturated heterocycles. The highest BCUT2D eigenvalue weighted by atomic mass is 28.4. The maximum absolute atomic E-state index is 6.36. The molecule has 0 amide bonds. The normalized spacial score (nSPS) is 24.0. The Morgan fingerprint density at radius 1 is 0.941 bits per heavy atom. The molecule has 0 bridgehead atoms. The van der Waals surface area contributed by atoms with Crippen LogP contribution in [0.4, 0.5) is 0 Å². The molecule has 0 radical (unpaired) electrons. The first-order valence-corrected chi connectivity index (χ1v) is 10.0. The zero-order valence-corrected chi connectivity index (χ0v) is 13.0. The zero-order valence-electron chi connectivity index (χ0n) is 12.0. The van der Waals surface area contributed by atoms with Crippen molar-refractivity contribution in [3.8, 4) is 0 Å². The summed E-state index contributed by atoms with van der Waals surface area (Å²) >= 11 is 0. The predicted octanol–water partition coefficient (Wildman–Crippen LogP) is 5.12. The number of hydrogen-bond donors (Lipinski definition) is 0. The van der Waals surface area contributed by atoms with Crippen molar-refractivity contribution in [2.75, 3.05) is 7.11 Å². The molecule has 0 aliphatic heterocycles. The Hall–Kier alpha value is 0.177. The molecule has 17 heavy (non-hydrogen) atoms. The van der Waals surface area contributed by atoms with Gasteiger partial charge in [0, 0.05) is 7.11 Å². The number of rotatable bonds is 5. The third-order valence-corrected chi connectivity index (χ3v) is 11.3. The second kappa shape index (κ2) is 5.88. The first-order valence-electron chi connectivity index (χ1n) is 7.74. The summed E-state index contributed by atoms with van der Waals surface area (Å²) in [5, 5.41) is 0. The van der Waals surface area contributed by atoms with Gasteiger partial charge in [0.1, 0.15) is 0 Å². The highest BCUT2D eigenvalue weighted by molar-refractivity contribution is 6.76. The van der Waals surface area contributed by atoms with Crippen molar-refractivity contribution in [3.05, 3.63) is 0 Å². The van der Waals surface area contributed by atoms with E-state index in [0.29, 0.717) is 0 Å². The van der Waals surface area contributed by atoms with Crippen molar-refractivity contribution in [1.29, 1.82) is 0 Å². The Kier molecular flexibility index (Phi) is 4.70. The van der Waals surface area contributed by atoms with Gasteiger partial charge in [0.2, 0.25) is 0 Å². The average molecular weight is 254 g/mol. The molecule has 2 saturated carbocycles. The summed E-state index contributed by atoms with van der Waals surface area (Å²) in [7, 11) is 0.580. The SMILES string of the molecule is CO[Si](CC(C)C)(C1CCCC1)C1CCCC1. The molecule has 100 valence electrons. The molecule has 0 atom stereocenters. The van der Waals surface area contributed by atoms with Crippen molar-refractivity contribution in [2.24, 2.45) is 5.92 Å². The van der Waals surface area contributed by atoms with Crippen molar-refractivity contribution >= 4 is 8.32 Å². The minimum Gasteiger partial charge on any atom is -0.419 e. The Morgan fingerprint density at radius 3 is 1.65 bits per heavy atom. The molecule has 0 unspecified atom stereocenters. The van der Waals surface area contributed by atoms with Crippen molar-refractivity contribution in [3.63, 3.8) is 0 Å². The van der Waals surface area contributed by atoms with Gasteiger partial charge in [0.25, 0.3) is 0 Å². The van der Waals surface area contributed by atoms with Crippen LogP contribution in [0.5, 0.6) is 0 Å². The second-order valence-corrected chi connectivity index (χ2v) is 11.1. The van der Waals surface area contributed by atoms with Crippen LogP contribution in [0, 0.1) is 5.92 Å².